The van der Waals surface area contributed by atoms with Crippen molar-refractivity contribution in [2.45, 2.75) is 44.8 Å². The summed E-state index contributed by atoms with van der Waals surface area (Å²) in [6.45, 7) is 3.66. The van der Waals surface area contributed by atoms with E-state index < -0.39 is 0 Å². The lowest BCUT2D eigenvalue weighted by Gasteiger charge is -2.34. The fourth-order valence-electron chi connectivity index (χ4n) is 3.60. The summed E-state index contributed by atoms with van der Waals surface area (Å²) in [6.07, 6.45) is 6.80. The number of rotatable bonds is 3. The molecular weight excluding hydrogens is 332 g/mol. The topological polar surface area (TPSA) is 93.2 Å². The highest BCUT2D eigenvalue weighted by Crippen LogP contribution is 2.29. The van der Waals surface area contributed by atoms with E-state index in [0.29, 0.717) is 11.7 Å². The third-order valence-electron chi connectivity index (χ3n) is 5.35. The van der Waals surface area contributed by atoms with Gasteiger partial charge in [0.1, 0.15) is 23.7 Å². The normalized spacial score (nSPS) is 20.0. The Labute approximate surface area is 150 Å². The number of hydrogen-bond acceptors (Lipinski definition) is 6. The number of fused-ring (bicyclic) bond motifs is 2. The molecule has 1 aliphatic carbocycles. The summed E-state index contributed by atoms with van der Waals surface area (Å²) < 4.78 is 3.74. The lowest BCUT2D eigenvalue weighted by Crippen LogP contribution is -2.39. The van der Waals surface area contributed by atoms with E-state index in [1.807, 2.05) is 18.3 Å². The molecule has 0 radical (unpaired) electrons. The fourth-order valence-corrected chi connectivity index (χ4v) is 3.60. The molecule has 26 heavy (non-hydrogen) atoms. The van der Waals surface area contributed by atoms with Crippen LogP contribution in [0.25, 0.3) is 5.65 Å². The van der Waals surface area contributed by atoms with Crippen LogP contribution < -0.4 is 10.2 Å². The number of carbonyl (C=O) groups is 1. The summed E-state index contributed by atoms with van der Waals surface area (Å²) >= 11 is 0. The Morgan fingerprint density at radius 2 is 2.15 bits per heavy atom. The molecule has 1 saturated carbocycles. The van der Waals surface area contributed by atoms with Crippen LogP contribution in [0.5, 0.6) is 0 Å². The van der Waals surface area contributed by atoms with E-state index in [1.54, 1.807) is 10.8 Å². The van der Waals surface area contributed by atoms with E-state index in [1.165, 1.54) is 6.42 Å². The lowest BCUT2D eigenvalue weighted by atomic mass is 9.93. The highest BCUT2D eigenvalue weighted by atomic mass is 16.2. The number of imidazole rings is 1. The van der Waals surface area contributed by atoms with Gasteiger partial charge in [-0.3, -0.25) is 4.79 Å². The number of amides is 1. The van der Waals surface area contributed by atoms with Gasteiger partial charge in [0.15, 0.2) is 5.65 Å². The molecule has 0 saturated heterocycles. The Balaban J connectivity index is 1.40. The van der Waals surface area contributed by atoms with Gasteiger partial charge in [-0.05, 0) is 38.3 Å². The van der Waals surface area contributed by atoms with Gasteiger partial charge in [0.25, 0.3) is 5.91 Å². The van der Waals surface area contributed by atoms with E-state index in [0.717, 1.165) is 43.2 Å². The van der Waals surface area contributed by atoms with Crippen molar-refractivity contribution < 1.29 is 4.79 Å². The number of carbonyl (C=O) groups excluding carboxylic acids is 1. The van der Waals surface area contributed by atoms with Gasteiger partial charge in [0.2, 0.25) is 0 Å². The zero-order valence-electron chi connectivity index (χ0n) is 14.5. The molecule has 9 heteroatoms. The SMILES string of the molecule is CC1c2nc(C(=O)NC3CCC3)cn2CCN1c1ccc2nncn2n1. The van der Waals surface area contributed by atoms with E-state index in [2.05, 4.69) is 42.0 Å². The third kappa shape index (κ3) is 2.42. The Morgan fingerprint density at radius 1 is 1.27 bits per heavy atom. The molecule has 0 spiro atoms. The molecule has 1 aliphatic heterocycles. The van der Waals surface area contributed by atoms with Crippen LogP contribution in [0.2, 0.25) is 0 Å². The van der Waals surface area contributed by atoms with Crippen molar-refractivity contribution in [2.75, 3.05) is 11.4 Å². The van der Waals surface area contributed by atoms with Crippen molar-refractivity contribution in [1.82, 2.24) is 34.7 Å². The largest absolute Gasteiger partial charge is 0.348 e. The summed E-state index contributed by atoms with van der Waals surface area (Å²) in [5.41, 5.74) is 1.22. The zero-order valence-corrected chi connectivity index (χ0v) is 14.5. The van der Waals surface area contributed by atoms with Gasteiger partial charge in [-0.25, -0.2) is 4.98 Å². The summed E-state index contributed by atoms with van der Waals surface area (Å²) in [4.78, 5) is 19.2. The number of nitrogens with one attached hydrogen (secondary N) is 1. The Bertz CT molecular complexity index is 972. The first kappa shape index (κ1) is 15.3. The smallest absolute Gasteiger partial charge is 0.271 e. The van der Waals surface area contributed by atoms with Crippen molar-refractivity contribution in [1.29, 1.82) is 0 Å². The second-order valence-electron chi connectivity index (χ2n) is 6.97. The number of hydrogen-bond donors (Lipinski definition) is 1. The van der Waals surface area contributed by atoms with E-state index >= 15 is 0 Å². The summed E-state index contributed by atoms with van der Waals surface area (Å²) in [6, 6.07) is 4.19. The van der Waals surface area contributed by atoms with Gasteiger partial charge in [0.05, 0.1) is 6.04 Å². The van der Waals surface area contributed by atoms with Crippen molar-refractivity contribution in [3.05, 3.63) is 36.2 Å². The van der Waals surface area contributed by atoms with Gasteiger partial charge in [0, 0.05) is 25.3 Å². The maximum absolute atomic E-state index is 12.4. The maximum atomic E-state index is 12.4. The van der Waals surface area contributed by atoms with Crippen molar-refractivity contribution in [2.24, 2.45) is 0 Å². The van der Waals surface area contributed by atoms with Crippen LogP contribution in [0, 0.1) is 0 Å². The molecule has 5 rings (SSSR count). The summed E-state index contributed by atoms with van der Waals surface area (Å²) in [5.74, 6) is 1.67. The molecule has 3 aromatic heterocycles. The maximum Gasteiger partial charge on any atom is 0.271 e. The van der Waals surface area contributed by atoms with E-state index in [9.17, 15) is 4.79 Å². The van der Waals surface area contributed by atoms with Crippen molar-refractivity contribution >= 4 is 17.4 Å². The molecule has 1 fully saturated rings. The molecule has 3 aromatic rings. The van der Waals surface area contributed by atoms with Crippen LogP contribution >= 0.6 is 0 Å². The monoisotopic (exact) mass is 352 g/mol. The third-order valence-corrected chi connectivity index (χ3v) is 5.35. The summed E-state index contributed by atoms with van der Waals surface area (Å²) in [7, 11) is 0. The highest BCUT2D eigenvalue weighted by Gasteiger charge is 2.29. The Morgan fingerprint density at radius 3 is 2.96 bits per heavy atom. The second kappa shape index (κ2) is 5.79. The van der Waals surface area contributed by atoms with E-state index in [4.69, 9.17) is 0 Å². The Hall–Kier alpha value is -2.97. The predicted molar refractivity (Wildman–Crippen MR) is 93.9 cm³/mol. The van der Waals surface area contributed by atoms with Crippen LogP contribution in [0.3, 0.4) is 0 Å². The molecule has 0 bridgehead atoms. The highest BCUT2D eigenvalue weighted by molar-refractivity contribution is 5.92. The second-order valence-corrected chi connectivity index (χ2v) is 6.97. The molecule has 134 valence electrons. The minimum absolute atomic E-state index is 0.0235. The Kier molecular flexibility index (Phi) is 3.41. The van der Waals surface area contributed by atoms with Gasteiger partial charge < -0.3 is 14.8 Å². The molecule has 1 atom stereocenters. The van der Waals surface area contributed by atoms with Crippen LogP contribution in [0.1, 0.15) is 48.5 Å². The van der Waals surface area contributed by atoms with Crippen LogP contribution in [-0.2, 0) is 6.54 Å². The van der Waals surface area contributed by atoms with Gasteiger partial charge >= 0.3 is 0 Å². The molecule has 1 amide bonds. The van der Waals surface area contributed by atoms with Gasteiger partial charge in [-0.15, -0.1) is 15.3 Å². The molecule has 4 heterocycles. The van der Waals surface area contributed by atoms with Gasteiger partial charge in [-0.1, -0.05) is 0 Å². The first-order chi connectivity index (χ1) is 12.7. The molecule has 1 unspecified atom stereocenters. The van der Waals surface area contributed by atoms with Crippen molar-refractivity contribution in [3.8, 4) is 0 Å². The number of nitrogens with zero attached hydrogens (tertiary/aromatic N) is 7. The predicted octanol–water partition coefficient (Wildman–Crippen LogP) is 1.18. The number of aromatic nitrogens is 6. The quantitative estimate of drug-likeness (QED) is 0.761. The average Bonchev–Trinajstić information content (AvgIpc) is 3.24. The molecule has 1 N–H and O–H groups in total. The average molecular weight is 352 g/mol. The molecule has 9 nitrogen and oxygen atoms in total. The number of anilines is 1. The lowest BCUT2D eigenvalue weighted by molar-refractivity contribution is 0.0912. The standard InChI is InChI=1S/C17H20N8O/c1-11-16-20-13(17(26)19-12-3-2-4-12)9-23(16)7-8-24(11)15-6-5-14-21-18-10-25(14)22-15/h5-6,9-12H,2-4,7-8H2,1H3,(H,19,26). The van der Waals surface area contributed by atoms with Crippen LogP contribution in [0.15, 0.2) is 24.7 Å². The summed E-state index contributed by atoms with van der Waals surface area (Å²) in [5, 5.41) is 15.5. The first-order valence-electron chi connectivity index (χ1n) is 9.01. The van der Waals surface area contributed by atoms with Crippen LogP contribution in [-0.4, -0.2) is 47.9 Å². The van der Waals surface area contributed by atoms with E-state index in [-0.39, 0.29) is 11.9 Å². The zero-order chi connectivity index (χ0) is 17.7. The first-order valence-corrected chi connectivity index (χ1v) is 9.01. The van der Waals surface area contributed by atoms with Crippen LogP contribution in [0.4, 0.5) is 5.82 Å². The minimum Gasteiger partial charge on any atom is -0.348 e. The molecule has 2 aliphatic rings. The minimum atomic E-state index is -0.0700. The molecular formula is C17H20N8O. The molecule has 0 aromatic carbocycles. The van der Waals surface area contributed by atoms with Crippen molar-refractivity contribution in [3.63, 3.8) is 0 Å². The fraction of sp³-hybridized carbons (Fsp3) is 0.471. The van der Waals surface area contributed by atoms with Gasteiger partial charge in [-0.2, -0.15) is 4.52 Å².